The molecule has 1 unspecified atom stereocenters. The highest BCUT2D eigenvalue weighted by Crippen LogP contribution is 2.26. The first-order valence-corrected chi connectivity index (χ1v) is 9.52. The molecule has 0 aromatic carbocycles. The van der Waals surface area contributed by atoms with E-state index in [1.54, 1.807) is 0 Å². The second-order valence-corrected chi connectivity index (χ2v) is 6.99. The van der Waals surface area contributed by atoms with Crippen LogP contribution >= 0.6 is 0 Å². The fourth-order valence-electron chi connectivity index (χ4n) is 3.59. The maximum absolute atomic E-state index is 12.0. The molecule has 1 amide bonds. The van der Waals surface area contributed by atoms with Crippen LogP contribution in [-0.2, 0) is 20.7 Å². The third kappa shape index (κ3) is 5.25. The number of nitrogens with zero attached hydrogens (tertiary/aromatic N) is 3. The number of ether oxygens (including phenoxy) is 2. The van der Waals surface area contributed by atoms with Crippen molar-refractivity contribution in [1.82, 2.24) is 15.0 Å². The lowest BCUT2D eigenvalue weighted by Crippen LogP contribution is -2.31. The average Bonchev–Trinajstić information content (AvgIpc) is 3.37. The number of likely N-dealkylation sites (tertiary alicyclic amines) is 1. The fraction of sp³-hybridized carbons (Fsp3) is 0.833. The summed E-state index contributed by atoms with van der Waals surface area (Å²) in [7, 11) is 0. The lowest BCUT2D eigenvalue weighted by molar-refractivity contribution is -0.134. The SMILES string of the molecule is CCOCC(=O)N1CCC(c2nc(CCOCC3CCCC3)no2)C1. The molecule has 1 aliphatic carbocycles. The van der Waals surface area contributed by atoms with Crippen LogP contribution in [0.4, 0.5) is 0 Å². The summed E-state index contributed by atoms with van der Waals surface area (Å²) in [6.07, 6.45) is 6.81. The van der Waals surface area contributed by atoms with E-state index in [0.717, 1.165) is 25.5 Å². The quantitative estimate of drug-likeness (QED) is 0.635. The third-order valence-electron chi connectivity index (χ3n) is 5.10. The lowest BCUT2D eigenvalue weighted by Gasteiger charge is -2.15. The third-order valence-corrected chi connectivity index (χ3v) is 5.10. The number of hydrogen-bond acceptors (Lipinski definition) is 6. The number of carbonyl (C=O) groups is 1. The predicted octanol–water partition coefficient (Wildman–Crippen LogP) is 2.17. The normalized spacial score (nSPS) is 21.3. The van der Waals surface area contributed by atoms with Gasteiger partial charge in [-0.05, 0) is 32.1 Å². The van der Waals surface area contributed by atoms with Gasteiger partial charge in [-0.3, -0.25) is 4.79 Å². The van der Waals surface area contributed by atoms with Crippen LogP contribution < -0.4 is 0 Å². The molecule has 1 aromatic heterocycles. The molecule has 3 rings (SSSR count). The van der Waals surface area contributed by atoms with Crippen molar-refractivity contribution >= 4 is 5.91 Å². The zero-order chi connectivity index (χ0) is 17.5. The summed E-state index contributed by atoms with van der Waals surface area (Å²) in [6.45, 7) is 5.43. The summed E-state index contributed by atoms with van der Waals surface area (Å²) in [6, 6.07) is 0. The number of hydrogen-bond donors (Lipinski definition) is 0. The van der Waals surface area contributed by atoms with E-state index in [9.17, 15) is 4.79 Å². The molecule has 1 saturated heterocycles. The molecule has 1 aromatic rings. The van der Waals surface area contributed by atoms with Crippen LogP contribution in [0.25, 0.3) is 0 Å². The van der Waals surface area contributed by atoms with Gasteiger partial charge in [-0.2, -0.15) is 4.98 Å². The summed E-state index contributed by atoms with van der Waals surface area (Å²) in [5, 5.41) is 4.06. The largest absolute Gasteiger partial charge is 0.381 e. The van der Waals surface area contributed by atoms with E-state index >= 15 is 0 Å². The Morgan fingerprint density at radius 3 is 2.92 bits per heavy atom. The fourth-order valence-corrected chi connectivity index (χ4v) is 3.59. The topological polar surface area (TPSA) is 77.7 Å². The van der Waals surface area contributed by atoms with Crippen molar-refractivity contribution in [2.45, 2.75) is 51.4 Å². The minimum absolute atomic E-state index is 0.0319. The van der Waals surface area contributed by atoms with Gasteiger partial charge < -0.3 is 18.9 Å². The molecule has 7 nitrogen and oxygen atoms in total. The first-order chi connectivity index (χ1) is 12.3. The van der Waals surface area contributed by atoms with Crippen LogP contribution in [0, 0.1) is 5.92 Å². The summed E-state index contributed by atoms with van der Waals surface area (Å²) in [5.41, 5.74) is 0. The van der Waals surface area contributed by atoms with E-state index in [1.165, 1.54) is 25.7 Å². The summed E-state index contributed by atoms with van der Waals surface area (Å²) in [5.74, 6) is 2.23. The average molecular weight is 351 g/mol. The number of rotatable bonds is 9. The minimum atomic E-state index is 0.0319. The van der Waals surface area contributed by atoms with Gasteiger partial charge in [0, 0.05) is 32.7 Å². The molecule has 2 heterocycles. The molecule has 1 saturated carbocycles. The monoisotopic (exact) mass is 351 g/mol. The molecule has 25 heavy (non-hydrogen) atoms. The van der Waals surface area contributed by atoms with Crippen molar-refractivity contribution in [3.05, 3.63) is 11.7 Å². The standard InChI is InChI=1S/C18H29N3O4/c1-2-23-13-17(22)21-9-7-15(11-21)18-19-16(20-25-18)8-10-24-12-14-5-3-4-6-14/h14-15H,2-13H2,1H3. The molecule has 2 aliphatic rings. The zero-order valence-electron chi connectivity index (χ0n) is 15.1. The van der Waals surface area contributed by atoms with Crippen molar-refractivity contribution in [2.75, 3.05) is 39.5 Å². The van der Waals surface area contributed by atoms with Crippen LogP contribution in [-0.4, -0.2) is 60.5 Å². The van der Waals surface area contributed by atoms with E-state index in [4.69, 9.17) is 14.0 Å². The molecule has 1 atom stereocenters. The predicted molar refractivity (Wildman–Crippen MR) is 91.2 cm³/mol. The van der Waals surface area contributed by atoms with E-state index in [0.29, 0.717) is 37.9 Å². The molecule has 1 aliphatic heterocycles. The zero-order valence-corrected chi connectivity index (χ0v) is 15.1. The summed E-state index contributed by atoms with van der Waals surface area (Å²) < 4.78 is 16.3. The Morgan fingerprint density at radius 1 is 1.28 bits per heavy atom. The second kappa shape index (κ2) is 9.29. The van der Waals surface area contributed by atoms with Gasteiger partial charge in [0.15, 0.2) is 5.82 Å². The Morgan fingerprint density at radius 2 is 2.12 bits per heavy atom. The van der Waals surface area contributed by atoms with Crippen molar-refractivity contribution in [3.63, 3.8) is 0 Å². The Bertz CT molecular complexity index is 542. The van der Waals surface area contributed by atoms with Crippen LogP contribution in [0.3, 0.4) is 0 Å². The van der Waals surface area contributed by atoms with Gasteiger partial charge in [0.25, 0.3) is 0 Å². The molecule has 0 radical (unpaired) electrons. The van der Waals surface area contributed by atoms with Gasteiger partial charge in [0.2, 0.25) is 11.8 Å². The Hall–Kier alpha value is -1.47. The first-order valence-electron chi connectivity index (χ1n) is 9.52. The highest BCUT2D eigenvalue weighted by molar-refractivity contribution is 5.77. The molecular formula is C18H29N3O4. The number of aromatic nitrogens is 2. The van der Waals surface area contributed by atoms with Crippen LogP contribution in [0.1, 0.15) is 56.7 Å². The maximum atomic E-state index is 12.0. The Balaban J connectivity index is 1.38. The number of carbonyl (C=O) groups excluding carboxylic acids is 1. The molecule has 7 heteroatoms. The van der Waals surface area contributed by atoms with Crippen LogP contribution in [0.15, 0.2) is 4.52 Å². The number of amides is 1. The Labute approximate surface area is 149 Å². The van der Waals surface area contributed by atoms with Crippen molar-refractivity contribution in [3.8, 4) is 0 Å². The summed E-state index contributed by atoms with van der Waals surface area (Å²) in [4.78, 5) is 18.3. The lowest BCUT2D eigenvalue weighted by atomic mass is 10.1. The Kier molecular flexibility index (Phi) is 6.81. The van der Waals surface area contributed by atoms with Crippen molar-refractivity contribution in [2.24, 2.45) is 5.92 Å². The van der Waals surface area contributed by atoms with Gasteiger partial charge in [-0.25, -0.2) is 0 Å². The second-order valence-electron chi connectivity index (χ2n) is 6.99. The molecule has 0 spiro atoms. The molecule has 0 bridgehead atoms. The van der Waals surface area contributed by atoms with Crippen molar-refractivity contribution in [1.29, 1.82) is 0 Å². The molecule has 2 fully saturated rings. The van der Waals surface area contributed by atoms with Crippen LogP contribution in [0.2, 0.25) is 0 Å². The van der Waals surface area contributed by atoms with E-state index in [1.807, 2.05) is 11.8 Å². The van der Waals surface area contributed by atoms with E-state index < -0.39 is 0 Å². The smallest absolute Gasteiger partial charge is 0.248 e. The highest BCUT2D eigenvalue weighted by Gasteiger charge is 2.31. The van der Waals surface area contributed by atoms with Gasteiger partial charge in [-0.15, -0.1) is 0 Å². The van der Waals surface area contributed by atoms with E-state index in [-0.39, 0.29) is 18.4 Å². The van der Waals surface area contributed by atoms with Gasteiger partial charge in [0.05, 0.1) is 12.5 Å². The maximum Gasteiger partial charge on any atom is 0.248 e. The van der Waals surface area contributed by atoms with Gasteiger partial charge in [-0.1, -0.05) is 18.0 Å². The molecular weight excluding hydrogens is 322 g/mol. The van der Waals surface area contributed by atoms with E-state index in [2.05, 4.69) is 10.1 Å². The molecule has 140 valence electrons. The highest BCUT2D eigenvalue weighted by atomic mass is 16.5. The molecule has 0 N–H and O–H groups in total. The van der Waals surface area contributed by atoms with Gasteiger partial charge in [0.1, 0.15) is 6.61 Å². The first kappa shape index (κ1) is 18.3. The minimum Gasteiger partial charge on any atom is -0.381 e. The van der Waals surface area contributed by atoms with Gasteiger partial charge >= 0.3 is 0 Å². The van der Waals surface area contributed by atoms with Crippen LogP contribution in [0.5, 0.6) is 0 Å². The van der Waals surface area contributed by atoms with Crippen molar-refractivity contribution < 1.29 is 18.8 Å². The summed E-state index contributed by atoms with van der Waals surface area (Å²) >= 11 is 0.